The van der Waals surface area contributed by atoms with Crippen molar-refractivity contribution in [2.75, 3.05) is 6.61 Å². The van der Waals surface area contributed by atoms with Gasteiger partial charge in [-0.15, -0.1) is 0 Å². The van der Waals surface area contributed by atoms with Gasteiger partial charge >= 0.3 is 6.09 Å². The average molecular weight is 518 g/mol. The van der Waals surface area contributed by atoms with Crippen molar-refractivity contribution in [1.29, 1.82) is 0 Å². The van der Waals surface area contributed by atoms with Gasteiger partial charge in [-0.05, 0) is 77.6 Å². The summed E-state index contributed by atoms with van der Waals surface area (Å²) < 4.78 is 19.9. The summed E-state index contributed by atoms with van der Waals surface area (Å²) in [6, 6.07) is 9.07. The Morgan fingerprint density at radius 1 is 1.11 bits per heavy atom. The Morgan fingerprint density at radius 2 is 1.87 bits per heavy atom. The first-order valence-electron chi connectivity index (χ1n) is 12.7. The molecule has 0 saturated carbocycles. The summed E-state index contributed by atoms with van der Waals surface area (Å²) in [6.07, 6.45) is 5.00. The fraction of sp³-hybridized carbons (Fsp3) is 0.393. The smallest absolute Gasteiger partial charge is 0.435 e. The number of benzene rings is 1. The Labute approximate surface area is 220 Å². The van der Waals surface area contributed by atoms with E-state index in [1.165, 1.54) is 15.6 Å². The fourth-order valence-corrected chi connectivity index (χ4v) is 4.61. The second kappa shape index (κ2) is 10.0. The van der Waals surface area contributed by atoms with Crippen LogP contribution < -0.4 is 10.3 Å². The maximum Gasteiger partial charge on any atom is 0.435 e. The van der Waals surface area contributed by atoms with Gasteiger partial charge in [0.15, 0.2) is 6.23 Å². The molecule has 3 aromatic heterocycles. The monoisotopic (exact) mass is 517 g/mol. The van der Waals surface area contributed by atoms with Crippen LogP contribution >= 0.6 is 0 Å². The number of carbonyl (C=O) groups is 1. The fourth-order valence-electron chi connectivity index (χ4n) is 4.61. The van der Waals surface area contributed by atoms with E-state index in [4.69, 9.17) is 14.2 Å². The Kier molecular flexibility index (Phi) is 6.75. The van der Waals surface area contributed by atoms with Crippen LogP contribution in [0.1, 0.15) is 57.5 Å². The zero-order valence-electron chi connectivity index (χ0n) is 22.2. The third-order valence-electron chi connectivity index (χ3n) is 6.34. The van der Waals surface area contributed by atoms with Gasteiger partial charge in [0, 0.05) is 23.9 Å². The first kappa shape index (κ1) is 25.6. The third kappa shape index (κ3) is 5.04. The molecule has 0 spiro atoms. The molecule has 1 saturated heterocycles. The zero-order chi connectivity index (χ0) is 27.0. The lowest BCUT2D eigenvalue weighted by molar-refractivity contribution is -0.0428. The molecule has 198 valence electrons. The summed E-state index contributed by atoms with van der Waals surface area (Å²) in [5.41, 5.74) is 2.78. The van der Waals surface area contributed by atoms with Crippen molar-refractivity contribution in [2.45, 2.75) is 65.7 Å². The van der Waals surface area contributed by atoms with Crippen LogP contribution in [0.3, 0.4) is 0 Å². The SMILES string of the molecule is Cc1nn(C2CCCCO2)c(=O)c(C)c1-c1ccc(Oc2nccc3c2cnn3C(=O)OC(C)(C)C)cc1. The maximum absolute atomic E-state index is 13.1. The highest BCUT2D eigenvalue weighted by atomic mass is 16.6. The van der Waals surface area contributed by atoms with Crippen molar-refractivity contribution in [3.05, 3.63) is 64.3 Å². The molecule has 0 amide bonds. The second-order valence-corrected chi connectivity index (χ2v) is 10.4. The van der Waals surface area contributed by atoms with Crippen LogP contribution in [0.2, 0.25) is 0 Å². The molecular weight excluding hydrogens is 486 g/mol. The minimum absolute atomic E-state index is 0.143. The highest BCUT2D eigenvalue weighted by molar-refractivity contribution is 5.90. The van der Waals surface area contributed by atoms with Crippen LogP contribution in [-0.2, 0) is 9.47 Å². The van der Waals surface area contributed by atoms with Crippen LogP contribution in [-0.4, -0.2) is 42.8 Å². The molecule has 1 aromatic carbocycles. The average Bonchev–Trinajstić information content (AvgIpc) is 3.32. The number of aryl methyl sites for hydroxylation is 1. The summed E-state index contributed by atoms with van der Waals surface area (Å²) in [4.78, 5) is 30.0. The topological polar surface area (TPSA) is 110 Å². The molecule has 0 bridgehead atoms. The van der Waals surface area contributed by atoms with Gasteiger partial charge in [-0.2, -0.15) is 14.9 Å². The second-order valence-electron chi connectivity index (χ2n) is 10.4. The molecule has 0 radical (unpaired) electrons. The molecule has 38 heavy (non-hydrogen) atoms. The van der Waals surface area contributed by atoms with Crippen LogP contribution in [0.5, 0.6) is 11.6 Å². The largest absolute Gasteiger partial charge is 0.442 e. The predicted molar refractivity (Wildman–Crippen MR) is 141 cm³/mol. The van der Waals surface area contributed by atoms with E-state index in [-0.39, 0.29) is 11.8 Å². The van der Waals surface area contributed by atoms with Gasteiger partial charge in [-0.25, -0.2) is 14.5 Å². The minimum atomic E-state index is -0.648. The molecule has 4 heterocycles. The van der Waals surface area contributed by atoms with Crippen molar-refractivity contribution >= 4 is 17.0 Å². The first-order chi connectivity index (χ1) is 18.1. The van der Waals surface area contributed by atoms with Gasteiger partial charge < -0.3 is 14.2 Å². The first-order valence-corrected chi connectivity index (χ1v) is 12.7. The molecule has 1 unspecified atom stereocenters. The van der Waals surface area contributed by atoms with Gasteiger partial charge in [0.05, 0.1) is 22.8 Å². The summed E-state index contributed by atoms with van der Waals surface area (Å²) in [5, 5.41) is 9.34. The summed E-state index contributed by atoms with van der Waals surface area (Å²) >= 11 is 0. The van der Waals surface area contributed by atoms with Crippen molar-refractivity contribution in [1.82, 2.24) is 24.5 Å². The van der Waals surface area contributed by atoms with E-state index >= 15 is 0 Å². The molecule has 1 fully saturated rings. The summed E-state index contributed by atoms with van der Waals surface area (Å²) in [5.74, 6) is 0.861. The quantitative estimate of drug-likeness (QED) is 0.347. The van der Waals surface area contributed by atoms with Crippen LogP contribution in [0, 0.1) is 13.8 Å². The molecular formula is C28H31N5O5. The summed E-state index contributed by atoms with van der Waals surface area (Å²) in [7, 11) is 0. The number of fused-ring (bicyclic) bond motifs is 1. The van der Waals surface area contributed by atoms with E-state index in [1.807, 2.05) is 38.1 Å². The third-order valence-corrected chi connectivity index (χ3v) is 6.34. The van der Waals surface area contributed by atoms with Gasteiger partial charge in [-0.3, -0.25) is 4.79 Å². The Balaban J connectivity index is 1.40. The van der Waals surface area contributed by atoms with Gasteiger partial charge in [-0.1, -0.05) is 12.1 Å². The van der Waals surface area contributed by atoms with Crippen LogP contribution in [0.25, 0.3) is 22.0 Å². The van der Waals surface area contributed by atoms with Gasteiger partial charge in [0.2, 0.25) is 5.88 Å². The Morgan fingerprint density at radius 3 is 2.55 bits per heavy atom. The molecule has 10 heteroatoms. The highest BCUT2D eigenvalue weighted by Crippen LogP contribution is 2.31. The van der Waals surface area contributed by atoms with E-state index < -0.39 is 11.7 Å². The van der Waals surface area contributed by atoms with Crippen molar-refractivity contribution in [3.63, 3.8) is 0 Å². The number of carbonyl (C=O) groups excluding carboxylic acids is 1. The zero-order valence-corrected chi connectivity index (χ0v) is 22.2. The lowest BCUT2D eigenvalue weighted by Crippen LogP contribution is -2.33. The van der Waals surface area contributed by atoms with E-state index in [2.05, 4.69) is 15.2 Å². The number of nitrogens with zero attached hydrogens (tertiary/aromatic N) is 5. The standard InChI is InChI=1S/C28H31N5O5/c1-17-24(18(2)31-33(26(17)34)23-8-6-7-15-36-23)19-9-11-20(12-10-19)37-25-21-16-30-32(22(21)13-14-29-25)27(35)38-28(3,4)5/h9-14,16,23H,6-8,15H2,1-5H3. The number of pyridine rings is 1. The van der Waals surface area contributed by atoms with Gasteiger partial charge in [0.1, 0.15) is 11.4 Å². The van der Waals surface area contributed by atoms with Crippen molar-refractivity contribution < 1.29 is 19.0 Å². The molecule has 10 nitrogen and oxygen atoms in total. The molecule has 5 rings (SSSR count). The van der Waals surface area contributed by atoms with E-state index in [0.29, 0.717) is 34.7 Å². The molecule has 1 atom stereocenters. The minimum Gasteiger partial charge on any atom is -0.442 e. The van der Waals surface area contributed by atoms with E-state index in [1.54, 1.807) is 33.0 Å². The molecule has 4 aromatic rings. The molecule has 1 aliphatic heterocycles. The van der Waals surface area contributed by atoms with E-state index in [0.717, 1.165) is 36.1 Å². The maximum atomic E-state index is 13.1. The highest BCUT2D eigenvalue weighted by Gasteiger charge is 2.23. The number of aromatic nitrogens is 5. The lowest BCUT2D eigenvalue weighted by Gasteiger charge is -2.24. The molecule has 1 aliphatic rings. The van der Waals surface area contributed by atoms with E-state index in [9.17, 15) is 9.59 Å². The number of hydrogen-bond acceptors (Lipinski definition) is 8. The number of hydrogen-bond donors (Lipinski definition) is 0. The summed E-state index contributed by atoms with van der Waals surface area (Å²) in [6.45, 7) is 9.76. The Bertz CT molecular complexity index is 1540. The number of ether oxygens (including phenoxy) is 3. The molecule has 0 N–H and O–H groups in total. The van der Waals surface area contributed by atoms with Crippen LogP contribution in [0.15, 0.2) is 47.5 Å². The molecule has 0 aliphatic carbocycles. The number of rotatable bonds is 4. The predicted octanol–water partition coefficient (Wildman–Crippen LogP) is 5.55. The van der Waals surface area contributed by atoms with Crippen molar-refractivity contribution in [3.8, 4) is 22.8 Å². The van der Waals surface area contributed by atoms with Crippen LogP contribution in [0.4, 0.5) is 4.79 Å². The normalized spacial score (nSPS) is 16.0. The van der Waals surface area contributed by atoms with Gasteiger partial charge in [0.25, 0.3) is 5.56 Å². The van der Waals surface area contributed by atoms with Crippen molar-refractivity contribution in [2.24, 2.45) is 0 Å². The lowest BCUT2D eigenvalue weighted by atomic mass is 10.0. The Hall–Kier alpha value is -4.05.